The van der Waals surface area contributed by atoms with Crippen molar-refractivity contribution in [2.75, 3.05) is 0 Å². The van der Waals surface area contributed by atoms with Crippen LogP contribution >= 0.6 is 0 Å². The molecule has 0 aliphatic carbocycles. The number of aryl methyl sites for hydroxylation is 3. The summed E-state index contributed by atoms with van der Waals surface area (Å²) in [5, 5.41) is 8.80. The fraction of sp³-hybridized carbons (Fsp3) is 0.538. The third-order valence-electron chi connectivity index (χ3n) is 3.25. The number of nitrogens with zero attached hydrogens (tertiary/aromatic N) is 4. The molecule has 5 nitrogen and oxygen atoms in total. The Kier molecular flexibility index (Phi) is 3.52. The molecule has 0 aliphatic heterocycles. The van der Waals surface area contributed by atoms with Gasteiger partial charge in [0.1, 0.15) is 0 Å². The molecule has 2 rings (SSSR count). The summed E-state index contributed by atoms with van der Waals surface area (Å²) in [6.07, 6.45) is 4.78. The second-order valence-electron chi connectivity index (χ2n) is 4.84. The first-order valence-electron chi connectivity index (χ1n) is 6.29. The topological polar surface area (TPSA) is 61.7 Å². The van der Waals surface area contributed by atoms with Gasteiger partial charge in [-0.3, -0.25) is 9.36 Å². The van der Waals surface area contributed by atoms with E-state index in [1.165, 1.54) is 0 Å². The number of nitrogens with two attached hydrogens (primary N) is 1. The zero-order valence-electron chi connectivity index (χ0n) is 11.5. The largest absolute Gasteiger partial charge is 0.326 e. The van der Waals surface area contributed by atoms with E-state index in [9.17, 15) is 0 Å². The molecule has 98 valence electrons. The van der Waals surface area contributed by atoms with E-state index in [1.807, 2.05) is 31.0 Å². The summed E-state index contributed by atoms with van der Waals surface area (Å²) in [6.45, 7) is 6.16. The van der Waals surface area contributed by atoms with Crippen molar-refractivity contribution >= 4 is 0 Å². The van der Waals surface area contributed by atoms with E-state index in [-0.39, 0.29) is 12.1 Å². The lowest BCUT2D eigenvalue weighted by molar-refractivity contribution is 0.415. The molecule has 2 unspecified atom stereocenters. The molecule has 5 heteroatoms. The lowest BCUT2D eigenvalue weighted by Crippen LogP contribution is -2.33. The fourth-order valence-electron chi connectivity index (χ4n) is 2.31. The van der Waals surface area contributed by atoms with Gasteiger partial charge >= 0.3 is 0 Å². The molecule has 2 atom stereocenters. The summed E-state index contributed by atoms with van der Waals surface area (Å²) in [5.41, 5.74) is 9.53. The Morgan fingerprint density at radius 1 is 1.39 bits per heavy atom. The second-order valence-corrected chi connectivity index (χ2v) is 4.84. The highest BCUT2D eigenvalue weighted by Crippen LogP contribution is 2.23. The third kappa shape index (κ3) is 2.31. The molecular weight excluding hydrogens is 226 g/mol. The SMILES string of the molecule is CCC(N)C(c1cnn(C)c1)n1nc(C)cc1C. The molecule has 0 amide bonds. The summed E-state index contributed by atoms with van der Waals surface area (Å²) < 4.78 is 3.82. The molecule has 0 aliphatic rings. The minimum Gasteiger partial charge on any atom is -0.326 e. The van der Waals surface area contributed by atoms with Gasteiger partial charge in [0.05, 0.1) is 17.9 Å². The quantitative estimate of drug-likeness (QED) is 0.892. The van der Waals surface area contributed by atoms with Crippen molar-refractivity contribution in [1.29, 1.82) is 0 Å². The Balaban J connectivity index is 2.46. The van der Waals surface area contributed by atoms with Crippen molar-refractivity contribution in [3.63, 3.8) is 0 Å². The first-order valence-corrected chi connectivity index (χ1v) is 6.29. The molecule has 0 fully saturated rings. The smallest absolute Gasteiger partial charge is 0.0952 e. The van der Waals surface area contributed by atoms with Gasteiger partial charge < -0.3 is 5.73 Å². The van der Waals surface area contributed by atoms with Crippen LogP contribution in [0, 0.1) is 13.8 Å². The van der Waals surface area contributed by atoms with Crippen LogP contribution in [0.2, 0.25) is 0 Å². The van der Waals surface area contributed by atoms with E-state index in [0.717, 1.165) is 23.4 Å². The molecule has 2 aromatic rings. The molecular formula is C13H21N5. The van der Waals surface area contributed by atoms with Crippen LogP contribution in [-0.2, 0) is 7.05 Å². The van der Waals surface area contributed by atoms with E-state index < -0.39 is 0 Å². The number of hydrogen-bond acceptors (Lipinski definition) is 3. The fourth-order valence-corrected chi connectivity index (χ4v) is 2.31. The maximum Gasteiger partial charge on any atom is 0.0952 e. The Hall–Kier alpha value is -1.62. The molecule has 0 saturated carbocycles. The minimum atomic E-state index is 0.0344. The number of rotatable bonds is 4. The van der Waals surface area contributed by atoms with Crippen LogP contribution in [-0.4, -0.2) is 25.6 Å². The van der Waals surface area contributed by atoms with Crippen LogP contribution < -0.4 is 5.73 Å². The first-order chi connectivity index (χ1) is 8.52. The van der Waals surface area contributed by atoms with E-state index in [4.69, 9.17) is 5.73 Å². The van der Waals surface area contributed by atoms with Gasteiger partial charge in [-0.25, -0.2) is 0 Å². The third-order valence-corrected chi connectivity index (χ3v) is 3.25. The van der Waals surface area contributed by atoms with Crippen molar-refractivity contribution in [3.8, 4) is 0 Å². The second kappa shape index (κ2) is 4.94. The van der Waals surface area contributed by atoms with E-state index >= 15 is 0 Å². The van der Waals surface area contributed by atoms with E-state index in [0.29, 0.717) is 0 Å². The lowest BCUT2D eigenvalue weighted by Gasteiger charge is -2.23. The number of aromatic nitrogens is 4. The molecule has 2 heterocycles. The van der Waals surface area contributed by atoms with E-state index in [1.54, 1.807) is 4.68 Å². The van der Waals surface area contributed by atoms with Crippen molar-refractivity contribution in [1.82, 2.24) is 19.6 Å². The van der Waals surface area contributed by atoms with Crippen molar-refractivity contribution < 1.29 is 0 Å². The highest BCUT2D eigenvalue weighted by Gasteiger charge is 2.24. The van der Waals surface area contributed by atoms with Crippen LogP contribution in [0.1, 0.15) is 36.3 Å². The van der Waals surface area contributed by atoms with E-state index in [2.05, 4.69) is 30.1 Å². The predicted molar refractivity (Wildman–Crippen MR) is 71.3 cm³/mol. The van der Waals surface area contributed by atoms with Gasteiger partial charge in [-0.15, -0.1) is 0 Å². The predicted octanol–water partition coefficient (Wildman–Crippen LogP) is 1.56. The van der Waals surface area contributed by atoms with Crippen molar-refractivity contribution in [2.45, 2.75) is 39.3 Å². The monoisotopic (exact) mass is 247 g/mol. The average Bonchev–Trinajstić information content (AvgIpc) is 2.86. The van der Waals surface area contributed by atoms with Crippen LogP contribution in [0.5, 0.6) is 0 Å². The maximum atomic E-state index is 6.27. The number of hydrogen-bond donors (Lipinski definition) is 1. The molecule has 2 N–H and O–H groups in total. The maximum absolute atomic E-state index is 6.27. The Morgan fingerprint density at radius 2 is 2.11 bits per heavy atom. The Bertz CT molecular complexity index is 525. The van der Waals surface area contributed by atoms with Crippen LogP contribution in [0.25, 0.3) is 0 Å². The van der Waals surface area contributed by atoms with Crippen LogP contribution in [0.3, 0.4) is 0 Å². The summed E-state index contributed by atoms with van der Waals surface area (Å²) in [5.74, 6) is 0. The lowest BCUT2D eigenvalue weighted by atomic mass is 10.0. The molecule has 18 heavy (non-hydrogen) atoms. The van der Waals surface area contributed by atoms with Gasteiger partial charge in [-0.1, -0.05) is 6.92 Å². The van der Waals surface area contributed by atoms with Gasteiger partial charge in [-0.05, 0) is 26.3 Å². The van der Waals surface area contributed by atoms with Gasteiger partial charge in [0.25, 0.3) is 0 Å². The normalized spacial score (nSPS) is 14.7. The standard InChI is InChI=1S/C13H21N5/c1-5-12(14)13(11-7-15-17(4)8-11)18-10(3)6-9(2)16-18/h6-8,12-13H,5,14H2,1-4H3. The molecule has 2 aromatic heterocycles. The van der Waals surface area contributed by atoms with Gasteiger partial charge in [0.2, 0.25) is 0 Å². The Labute approximate surface area is 108 Å². The zero-order valence-corrected chi connectivity index (χ0v) is 11.5. The van der Waals surface area contributed by atoms with Gasteiger partial charge in [-0.2, -0.15) is 10.2 Å². The first kappa shape index (κ1) is 12.8. The molecule has 0 saturated heterocycles. The molecule has 0 bridgehead atoms. The van der Waals surface area contributed by atoms with Crippen LogP contribution in [0.15, 0.2) is 18.5 Å². The van der Waals surface area contributed by atoms with Crippen molar-refractivity contribution in [3.05, 3.63) is 35.4 Å². The highest BCUT2D eigenvalue weighted by atomic mass is 15.3. The van der Waals surface area contributed by atoms with Gasteiger partial charge in [0, 0.05) is 30.5 Å². The van der Waals surface area contributed by atoms with Gasteiger partial charge in [0.15, 0.2) is 0 Å². The minimum absolute atomic E-state index is 0.0344. The summed E-state index contributed by atoms with van der Waals surface area (Å²) >= 11 is 0. The molecule has 0 aromatic carbocycles. The molecule has 0 radical (unpaired) electrons. The average molecular weight is 247 g/mol. The van der Waals surface area contributed by atoms with Crippen LogP contribution in [0.4, 0.5) is 0 Å². The van der Waals surface area contributed by atoms with Crippen molar-refractivity contribution in [2.24, 2.45) is 12.8 Å². The Morgan fingerprint density at radius 3 is 2.56 bits per heavy atom. The summed E-state index contributed by atoms with van der Waals surface area (Å²) in [7, 11) is 1.92. The highest BCUT2D eigenvalue weighted by molar-refractivity contribution is 5.18. The summed E-state index contributed by atoms with van der Waals surface area (Å²) in [6, 6.07) is 2.16. The zero-order chi connectivity index (χ0) is 13.3. The summed E-state index contributed by atoms with van der Waals surface area (Å²) in [4.78, 5) is 0. The molecule has 0 spiro atoms.